The van der Waals surface area contributed by atoms with Gasteiger partial charge in [-0.3, -0.25) is 5.32 Å². The Morgan fingerprint density at radius 3 is 2.57 bits per heavy atom. The molecule has 0 unspecified atom stereocenters. The van der Waals surface area contributed by atoms with Crippen LogP contribution in [-0.4, -0.2) is 80.6 Å². The summed E-state index contributed by atoms with van der Waals surface area (Å²) < 4.78 is 2.25. The van der Waals surface area contributed by atoms with Crippen LogP contribution in [0.4, 0.5) is 0 Å². The molecule has 0 atom stereocenters. The third-order valence-corrected chi connectivity index (χ3v) is 3.96. The second-order valence-corrected chi connectivity index (χ2v) is 6.02. The Hall–Kier alpha value is -0.910. The van der Waals surface area contributed by atoms with Gasteiger partial charge in [-0.2, -0.15) is 0 Å². The molecule has 0 aromatic heterocycles. The molecule has 0 aromatic carbocycles. The SMILES string of the molecule is CNC=[N+](C=C(C)CCN)CCCCN1CCN(C)CC1. The van der Waals surface area contributed by atoms with Crippen molar-refractivity contribution in [2.75, 3.05) is 59.9 Å². The van der Waals surface area contributed by atoms with Crippen molar-refractivity contribution in [3.8, 4) is 0 Å². The van der Waals surface area contributed by atoms with Crippen molar-refractivity contribution in [2.45, 2.75) is 26.2 Å². The fraction of sp³-hybridized carbons (Fsp3) is 0.812. The van der Waals surface area contributed by atoms with E-state index in [0.717, 1.165) is 19.5 Å². The molecule has 5 nitrogen and oxygen atoms in total. The number of unbranched alkanes of at least 4 members (excludes halogenated alkanes) is 1. The van der Waals surface area contributed by atoms with Gasteiger partial charge in [-0.25, -0.2) is 4.58 Å². The second kappa shape index (κ2) is 10.8. The Morgan fingerprint density at radius 2 is 1.95 bits per heavy atom. The van der Waals surface area contributed by atoms with E-state index in [4.69, 9.17) is 5.73 Å². The first kappa shape index (κ1) is 18.1. The molecule has 1 aliphatic rings. The third kappa shape index (κ3) is 8.19. The Labute approximate surface area is 130 Å². The zero-order chi connectivity index (χ0) is 15.5. The van der Waals surface area contributed by atoms with E-state index < -0.39 is 0 Å². The fourth-order valence-corrected chi connectivity index (χ4v) is 2.61. The van der Waals surface area contributed by atoms with Crippen LogP contribution in [0.15, 0.2) is 11.8 Å². The van der Waals surface area contributed by atoms with Crippen LogP contribution in [0, 0.1) is 0 Å². The number of hydrogen-bond acceptors (Lipinski definition) is 3. The van der Waals surface area contributed by atoms with Crippen molar-refractivity contribution in [3.05, 3.63) is 11.8 Å². The van der Waals surface area contributed by atoms with E-state index >= 15 is 0 Å². The number of piperazine rings is 1. The average molecular weight is 296 g/mol. The molecular formula is C16H34N5+. The van der Waals surface area contributed by atoms with E-state index in [9.17, 15) is 0 Å². The molecule has 21 heavy (non-hydrogen) atoms. The van der Waals surface area contributed by atoms with Crippen LogP contribution in [0.1, 0.15) is 26.2 Å². The van der Waals surface area contributed by atoms with Crippen LogP contribution >= 0.6 is 0 Å². The fourth-order valence-electron chi connectivity index (χ4n) is 2.61. The van der Waals surface area contributed by atoms with Crippen LogP contribution in [-0.2, 0) is 0 Å². The lowest BCUT2D eigenvalue weighted by molar-refractivity contribution is -0.455. The van der Waals surface area contributed by atoms with Crippen molar-refractivity contribution in [2.24, 2.45) is 5.73 Å². The molecule has 0 aromatic rings. The normalized spacial score (nSPS) is 19.0. The topological polar surface area (TPSA) is 47.5 Å². The molecule has 1 saturated heterocycles. The van der Waals surface area contributed by atoms with Gasteiger partial charge >= 0.3 is 0 Å². The highest BCUT2D eigenvalue weighted by Crippen LogP contribution is 2.03. The Kier molecular flexibility index (Phi) is 9.30. The van der Waals surface area contributed by atoms with Gasteiger partial charge in [0.2, 0.25) is 6.34 Å². The summed E-state index contributed by atoms with van der Waals surface area (Å²) in [4.78, 5) is 4.99. The highest BCUT2D eigenvalue weighted by molar-refractivity contribution is 5.47. The minimum atomic E-state index is 0.721. The van der Waals surface area contributed by atoms with Crippen molar-refractivity contribution in [3.63, 3.8) is 0 Å². The molecule has 1 fully saturated rings. The van der Waals surface area contributed by atoms with E-state index in [1.54, 1.807) is 0 Å². The van der Waals surface area contributed by atoms with E-state index in [0.29, 0.717) is 0 Å². The average Bonchev–Trinajstić information content (AvgIpc) is 2.46. The summed E-state index contributed by atoms with van der Waals surface area (Å²) in [6.07, 6.45) is 7.70. The van der Waals surface area contributed by atoms with Crippen molar-refractivity contribution >= 4 is 6.34 Å². The summed E-state index contributed by atoms with van der Waals surface area (Å²) in [5.41, 5.74) is 6.94. The molecule has 1 heterocycles. The molecule has 0 amide bonds. The highest BCUT2D eigenvalue weighted by Gasteiger charge is 2.12. The lowest BCUT2D eigenvalue weighted by Gasteiger charge is -2.32. The minimum absolute atomic E-state index is 0.721. The Morgan fingerprint density at radius 1 is 1.24 bits per heavy atom. The van der Waals surface area contributed by atoms with Crippen molar-refractivity contribution < 1.29 is 4.58 Å². The third-order valence-electron chi connectivity index (χ3n) is 3.96. The summed E-state index contributed by atoms with van der Waals surface area (Å²) in [6.45, 7) is 10.0. The molecule has 0 bridgehead atoms. The van der Waals surface area contributed by atoms with Crippen molar-refractivity contribution in [1.29, 1.82) is 0 Å². The van der Waals surface area contributed by atoms with Gasteiger partial charge in [0.15, 0.2) is 0 Å². The molecule has 122 valence electrons. The number of rotatable bonds is 9. The van der Waals surface area contributed by atoms with Gasteiger partial charge in [0.05, 0.1) is 19.8 Å². The molecular weight excluding hydrogens is 262 g/mol. The van der Waals surface area contributed by atoms with Gasteiger partial charge in [0.25, 0.3) is 0 Å². The van der Waals surface area contributed by atoms with Crippen LogP contribution < -0.4 is 11.1 Å². The molecule has 1 aliphatic heterocycles. The Balaban J connectivity index is 2.24. The summed E-state index contributed by atoms with van der Waals surface area (Å²) in [5.74, 6) is 0. The maximum atomic E-state index is 5.60. The molecule has 3 N–H and O–H groups in total. The van der Waals surface area contributed by atoms with Crippen LogP contribution in [0.2, 0.25) is 0 Å². The van der Waals surface area contributed by atoms with E-state index in [-0.39, 0.29) is 0 Å². The minimum Gasteiger partial charge on any atom is -0.330 e. The van der Waals surface area contributed by atoms with E-state index in [2.05, 4.69) is 39.9 Å². The lowest BCUT2D eigenvalue weighted by Crippen LogP contribution is -2.44. The maximum Gasteiger partial charge on any atom is 0.236 e. The smallest absolute Gasteiger partial charge is 0.236 e. The molecule has 0 radical (unpaired) electrons. The number of nitrogens with two attached hydrogens (primary N) is 1. The maximum absolute atomic E-state index is 5.60. The van der Waals surface area contributed by atoms with Crippen LogP contribution in [0.5, 0.6) is 0 Å². The van der Waals surface area contributed by atoms with Gasteiger partial charge in [-0.1, -0.05) is 0 Å². The van der Waals surface area contributed by atoms with Crippen LogP contribution in [0.25, 0.3) is 0 Å². The first-order chi connectivity index (χ1) is 10.2. The van der Waals surface area contributed by atoms with Gasteiger partial charge < -0.3 is 15.5 Å². The first-order valence-corrected chi connectivity index (χ1v) is 8.20. The molecule has 0 spiro atoms. The quantitative estimate of drug-likeness (QED) is 0.282. The number of nitrogens with zero attached hydrogens (tertiary/aromatic N) is 3. The summed E-state index contributed by atoms with van der Waals surface area (Å²) in [7, 11) is 4.15. The highest BCUT2D eigenvalue weighted by atomic mass is 15.2. The van der Waals surface area contributed by atoms with E-state index in [1.165, 1.54) is 51.1 Å². The standard InChI is InChI=1S/C16H33N5/c1-16(6-7-17)14-21(15-18-2)9-5-4-8-20-12-10-19(3)11-13-20/h14-15H,4-13,17H2,1-3H3/p+1. The van der Waals surface area contributed by atoms with Crippen LogP contribution in [0.3, 0.4) is 0 Å². The summed E-state index contributed by atoms with van der Waals surface area (Å²) in [5, 5.41) is 3.12. The molecule has 0 saturated carbocycles. The molecule has 1 rings (SSSR count). The predicted molar refractivity (Wildman–Crippen MR) is 90.9 cm³/mol. The Bertz CT molecular complexity index is 330. The van der Waals surface area contributed by atoms with E-state index in [1.807, 2.05) is 13.4 Å². The first-order valence-electron chi connectivity index (χ1n) is 8.20. The zero-order valence-electron chi connectivity index (χ0n) is 14.1. The van der Waals surface area contributed by atoms with Gasteiger partial charge in [-0.05, 0) is 51.9 Å². The van der Waals surface area contributed by atoms with Gasteiger partial charge in [0.1, 0.15) is 0 Å². The summed E-state index contributed by atoms with van der Waals surface area (Å²) >= 11 is 0. The largest absolute Gasteiger partial charge is 0.330 e. The number of likely N-dealkylation sites (N-methyl/N-ethyl adjacent to an activating group) is 1. The molecule has 5 heteroatoms. The number of nitrogens with one attached hydrogen (secondary N) is 1. The van der Waals surface area contributed by atoms with Gasteiger partial charge in [-0.15, -0.1) is 0 Å². The monoisotopic (exact) mass is 296 g/mol. The lowest BCUT2D eigenvalue weighted by atomic mass is 10.2. The predicted octanol–water partition coefficient (Wildman–Crippen LogP) is 0.527. The van der Waals surface area contributed by atoms with Crippen molar-refractivity contribution in [1.82, 2.24) is 15.1 Å². The second-order valence-electron chi connectivity index (χ2n) is 6.02. The zero-order valence-corrected chi connectivity index (χ0v) is 14.1. The molecule has 0 aliphatic carbocycles. The summed E-state index contributed by atoms with van der Waals surface area (Å²) in [6, 6.07) is 0. The van der Waals surface area contributed by atoms with Gasteiger partial charge in [0, 0.05) is 26.2 Å². The number of hydrogen-bond donors (Lipinski definition) is 2.